The van der Waals surface area contributed by atoms with E-state index in [4.69, 9.17) is 0 Å². The minimum absolute atomic E-state index is 0. The van der Waals surface area contributed by atoms with E-state index >= 15 is 0 Å². The third-order valence-corrected chi connectivity index (χ3v) is 4.79. The fraction of sp³-hybridized carbons (Fsp3) is 0.421. The third kappa shape index (κ3) is 6.76. The normalized spacial score (nSPS) is 11.4. The fourth-order valence-electron chi connectivity index (χ4n) is 2.74. The summed E-state index contributed by atoms with van der Waals surface area (Å²) >= 11 is 1.70. The molecule has 0 saturated carbocycles. The highest BCUT2D eigenvalue weighted by Crippen LogP contribution is 2.11. The number of hydrogen-bond donors (Lipinski definition) is 3. The molecule has 2 aromatic heterocycles. The van der Waals surface area contributed by atoms with Gasteiger partial charge in [-0.25, -0.2) is 9.97 Å². The maximum Gasteiger partial charge on any atom is 0.191 e. The van der Waals surface area contributed by atoms with Gasteiger partial charge in [0.05, 0.1) is 21.7 Å². The van der Waals surface area contributed by atoms with Crippen molar-refractivity contribution in [1.82, 2.24) is 25.6 Å². The number of nitrogens with one attached hydrogen (secondary N) is 3. The molecule has 3 rings (SSSR count). The van der Waals surface area contributed by atoms with E-state index in [9.17, 15) is 0 Å². The van der Waals surface area contributed by atoms with Gasteiger partial charge in [0.2, 0.25) is 0 Å². The second kappa shape index (κ2) is 11.2. The van der Waals surface area contributed by atoms with Gasteiger partial charge in [-0.2, -0.15) is 0 Å². The molecule has 0 radical (unpaired) electrons. The Hall–Kier alpha value is -1.68. The van der Waals surface area contributed by atoms with Gasteiger partial charge in [0, 0.05) is 37.9 Å². The molecule has 2 heterocycles. The Bertz CT molecular complexity index is 824. The Kier molecular flexibility index (Phi) is 8.99. The average Bonchev–Trinajstić information content (AvgIpc) is 3.24. The minimum atomic E-state index is 0. The molecule has 8 heteroatoms. The molecule has 1 aromatic carbocycles. The Labute approximate surface area is 181 Å². The molecular weight excluding hydrogens is 471 g/mol. The van der Waals surface area contributed by atoms with Crippen LogP contribution in [0.1, 0.15) is 29.9 Å². The van der Waals surface area contributed by atoms with Gasteiger partial charge in [-0.15, -0.1) is 35.3 Å². The predicted octanol–water partition coefficient (Wildman–Crippen LogP) is 3.68. The molecule has 0 fully saturated rings. The van der Waals surface area contributed by atoms with Gasteiger partial charge in [0.25, 0.3) is 0 Å². The molecule has 0 saturated heterocycles. The summed E-state index contributed by atoms with van der Waals surface area (Å²) in [6.45, 7) is 6.57. The standard InChI is InChI=1S/C19H26N6S.HI/c1-3-20-19(22-12-10-15-13-26-14(2)23-15)21-11-6-9-18-24-16-7-4-5-8-17(16)25-18;/h4-5,7-8,13H,3,6,9-12H2,1-2H3,(H,24,25)(H2,20,21,22);1H. The molecule has 0 bridgehead atoms. The number of nitrogens with zero attached hydrogens (tertiary/aromatic N) is 3. The maximum absolute atomic E-state index is 4.65. The third-order valence-electron chi connectivity index (χ3n) is 3.96. The number of rotatable bonds is 8. The van der Waals surface area contributed by atoms with Crippen LogP contribution in [0.15, 0.2) is 34.6 Å². The molecule has 3 aromatic rings. The largest absolute Gasteiger partial charge is 0.357 e. The van der Waals surface area contributed by atoms with Crippen molar-refractivity contribution in [2.45, 2.75) is 33.1 Å². The van der Waals surface area contributed by atoms with Gasteiger partial charge in [-0.1, -0.05) is 12.1 Å². The first-order chi connectivity index (χ1) is 12.7. The molecular formula is C19H27IN6S. The molecule has 0 aliphatic heterocycles. The molecule has 0 aliphatic rings. The zero-order valence-corrected chi connectivity index (χ0v) is 18.9. The maximum atomic E-state index is 4.65. The molecule has 3 N–H and O–H groups in total. The van der Waals surface area contributed by atoms with Crippen LogP contribution in [0, 0.1) is 6.92 Å². The van der Waals surface area contributed by atoms with Gasteiger partial charge >= 0.3 is 0 Å². The van der Waals surface area contributed by atoms with Crippen molar-refractivity contribution in [2.24, 2.45) is 4.99 Å². The smallest absolute Gasteiger partial charge is 0.191 e. The number of H-pyrrole nitrogens is 1. The predicted molar refractivity (Wildman–Crippen MR) is 124 cm³/mol. The molecule has 27 heavy (non-hydrogen) atoms. The highest BCUT2D eigenvalue weighted by molar-refractivity contribution is 14.0. The van der Waals surface area contributed by atoms with Gasteiger partial charge in [0.1, 0.15) is 5.82 Å². The number of aromatic nitrogens is 3. The minimum Gasteiger partial charge on any atom is -0.357 e. The zero-order valence-electron chi connectivity index (χ0n) is 15.8. The summed E-state index contributed by atoms with van der Waals surface area (Å²) in [5.41, 5.74) is 3.26. The van der Waals surface area contributed by atoms with E-state index in [1.165, 1.54) is 0 Å². The summed E-state index contributed by atoms with van der Waals surface area (Å²) in [5.74, 6) is 1.89. The van der Waals surface area contributed by atoms with Crippen LogP contribution < -0.4 is 10.6 Å². The number of para-hydroxylation sites is 2. The number of fused-ring (bicyclic) bond motifs is 1. The Balaban J connectivity index is 0.00000261. The number of aryl methyl sites for hydroxylation is 2. The number of imidazole rings is 1. The van der Waals surface area contributed by atoms with Gasteiger partial charge in [-0.3, -0.25) is 4.99 Å². The van der Waals surface area contributed by atoms with Crippen molar-refractivity contribution in [3.8, 4) is 0 Å². The van der Waals surface area contributed by atoms with Gasteiger partial charge in [-0.05, 0) is 32.4 Å². The molecule has 146 valence electrons. The number of hydrogen-bond acceptors (Lipinski definition) is 4. The number of halogens is 1. The lowest BCUT2D eigenvalue weighted by molar-refractivity contribution is 0.760. The van der Waals surface area contributed by atoms with Crippen LogP contribution in [0.2, 0.25) is 0 Å². The molecule has 0 spiro atoms. The van der Waals surface area contributed by atoms with E-state index in [-0.39, 0.29) is 24.0 Å². The first-order valence-corrected chi connectivity index (χ1v) is 9.99. The molecule has 0 atom stereocenters. The summed E-state index contributed by atoms with van der Waals surface area (Å²) < 4.78 is 0. The Morgan fingerprint density at radius 3 is 2.78 bits per heavy atom. The van der Waals surface area contributed by atoms with E-state index in [0.29, 0.717) is 0 Å². The van der Waals surface area contributed by atoms with Crippen LogP contribution in [-0.4, -0.2) is 40.5 Å². The fourth-order valence-corrected chi connectivity index (χ4v) is 3.38. The van der Waals surface area contributed by atoms with E-state index in [0.717, 1.165) is 72.4 Å². The number of aromatic amines is 1. The molecule has 0 amide bonds. The van der Waals surface area contributed by atoms with E-state index in [1.54, 1.807) is 11.3 Å². The first-order valence-electron chi connectivity index (χ1n) is 9.11. The molecule has 0 unspecified atom stereocenters. The van der Waals surface area contributed by atoms with Crippen molar-refractivity contribution in [1.29, 1.82) is 0 Å². The summed E-state index contributed by atoms with van der Waals surface area (Å²) in [7, 11) is 0. The SMILES string of the molecule is CCNC(=NCCCc1nc2ccccc2[nH]1)NCCc1csc(C)n1.I. The van der Waals surface area contributed by atoms with Crippen molar-refractivity contribution in [2.75, 3.05) is 19.6 Å². The van der Waals surface area contributed by atoms with Crippen LogP contribution in [0.3, 0.4) is 0 Å². The quantitative estimate of drug-likeness (QED) is 0.192. The average molecular weight is 498 g/mol. The topological polar surface area (TPSA) is 78.0 Å². The zero-order chi connectivity index (χ0) is 18.2. The van der Waals surface area contributed by atoms with Crippen LogP contribution in [0.5, 0.6) is 0 Å². The van der Waals surface area contributed by atoms with Gasteiger partial charge < -0.3 is 15.6 Å². The van der Waals surface area contributed by atoms with Crippen molar-refractivity contribution in [3.05, 3.63) is 46.2 Å². The van der Waals surface area contributed by atoms with E-state index in [1.807, 2.05) is 25.1 Å². The van der Waals surface area contributed by atoms with Crippen molar-refractivity contribution < 1.29 is 0 Å². The summed E-state index contributed by atoms with van der Waals surface area (Å²) in [4.78, 5) is 17.1. The van der Waals surface area contributed by atoms with Crippen LogP contribution in [-0.2, 0) is 12.8 Å². The van der Waals surface area contributed by atoms with Crippen LogP contribution in [0.4, 0.5) is 0 Å². The Morgan fingerprint density at radius 2 is 2.04 bits per heavy atom. The van der Waals surface area contributed by atoms with E-state index in [2.05, 4.69) is 48.9 Å². The van der Waals surface area contributed by atoms with E-state index < -0.39 is 0 Å². The van der Waals surface area contributed by atoms with Crippen molar-refractivity contribution >= 4 is 52.3 Å². The summed E-state index contributed by atoms with van der Waals surface area (Å²) in [6.07, 6.45) is 2.77. The van der Waals surface area contributed by atoms with Gasteiger partial charge in [0.15, 0.2) is 5.96 Å². The summed E-state index contributed by atoms with van der Waals surface area (Å²) in [6, 6.07) is 8.12. The van der Waals surface area contributed by atoms with Crippen LogP contribution in [0.25, 0.3) is 11.0 Å². The highest BCUT2D eigenvalue weighted by Gasteiger charge is 2.03. The van der Waals surface area contributed by atoms with Crippen molar-refractivity contribution in [3.63, 3.8) is 0 Å². The lowest BCUT2D eigenvalue weighted by Gasteiger charge is -2.10. The lowest BCUT2D eigenvalue weighted by atomic mass is 10.3. The molecule has 0 aliphatic carbocycles. The lowest BCUT2D eigenvalue weighted by Crippen LogP contribution is -2.38. The van der Waals surface area contributed by atoms with Crippen LogP contribution >= 0.6 is 35.3 Å². The molecule has 6 nitrogen and oxygen atoms in total. The monoisotopic (exact) mass is 498 g/mol. The highest BCUT2D eigenvalue weighted by atomic mass is 127. The number of guanidine groups is 1. The number of aliphatic imine (C=N–C) groups is 1. The second-order valence-corrected chi connectivity index (χ2v) is 7.16. The number of thiazole rings is 1. The first kappa shape index (κ1) is 21.6. The summed E-state index contributed by atoms with van der Waals surface area (Å²) in [5, 5.41) is 9.91. The second-order valence-electron chi connectivity index (χ2n) is 6.10. The Morgan fingerprint density at radius 1 is 1.19 bits per heavy atom. The number of benzene rings is 1.